The third-order valence-electron chi connectivity index (χ3n) is 4.11. The van der Waals surface area contributed by atoms with Crippen LogP contribution < -0.4 is 0 Å². The first-order chi connectivity index (χ1) is 10.8. The minimum atomic E-state index is 0.140. The van der Waals surface area contributed by atoms with Crippen LogP contribution in [0.15, 0.2) is 12.2 Å². The predicted octanol–water partition coefficient (Wildman–Crippen LogP) is 6.03. The molecule has 1 unspecified atom stereocenters. The lowest BCUT2D eigenvalue weighted by Gasteiger charge is -2.16. The molecule has 0 saturated carbocycles. The van der Waals surface area contributed by atoms with Gasteiger partial charge in [-0.25, -0.2) is 0 Å². The Morgan fingerprint density at radius 3 is 2.05 bits per heavy atom. The lowest BCUT2D eigenvalue weighted by molar-refractivity contribution is 0.0174. The quantitative estimate of drug-likeness (QED) is 0.262. The number of aliphatic hydroxyl groups excluding tert-OH is 1. The zero-order valence-electron chi connectivity index (χ0n) is 15.2. The van der Waals surface area contributed by atoms with Gasteiger partial charge in [0.25, 0.3) is 0 Å². The van der Waals surface area contributed by atoms with Gasteiger partial charge < -0.3 is 9.84 Å². The van der Waals surface area contributed by atoms with Crippen LogP contribution in [-0.4, -0.2) is 24.4 Å². The molecule has 0 bridgehead atoms. The summed E-state index contributed by atoms with van der Waals surface area (Å²) in [6, 6.07) is 0. The third-order valence-corrected chi connectivity index (χ3v) is 4.11. The highest BCUT2D eigenvalue weighted by molar-refractivity contribution is 4.81. The van der Waals surface area contributed by atoms with E-state index in [2.05, 4.69) is 26.0 Å². The van der Waals surface area contributed by atoms with Crippen molar-refractivity contribution in [1.29, 1.82) is 0 Å². The Kier molecular flexibility index (Phi) is 18.4. The zero-order chi connectivity index (χ0) is 16.3. The maximum Gasteiger partial charge on any atom is 0.0701 e. The molecule has 0 rings (SSSR count). The number of rotatable bonds is 17. The van der Waals surface area contributed by atoms with E-state index in [4.69, 9.17) is 9.84 Å². The van der Waals surface area contributed by atoms with Crippen LogP contribution in [0, 0.1) is 0 Å². The summed E-state index contributed by atoms with van der Waals surface area (Å²) in [4.78, 5) is 0. The number of aliphatic hydroxyl groups is 1. The van der Waals surface area contributed by atoms with Crippen molar-refractivity contribution in [2.45, 2.75) is 103 Å². The molecule has 132 valence electrons. The Labute approximate surface area is 139 Å². The van der Waals surface area contributed by atoms with E-state index in [0.717, 1.165) is 12.8 Å². The Morgan fingerprint density at radius 2 is 1.36 bits per heavy atom. The maximum absolute atomic E-state index is 8.86. The molecule has 0 aliphatic heterocycles. The van der Waals surface area contributed by atoms with E-state index in [1.807, 2.05) is 0 Å². The van der Waals surface area contributed by atoms with Crippen LogP contribution in [0.3, 0.4) is 0 Å². The van der Waals surface area contributed by atoms with Gasteiger partial charge in [-0.15, -0.1) is 0 Å². The van der Waals surface area contributed by atoms with E-state index in [9.17, 15) is 0 Å². The van der Waals surface area contributed by atoms with Gasteiger partial charge in [0.2, 0.25) is 0 Å². The second kappa shape index (κ2) is 18.7. The molecule has 2 heteroatoms. The van der Waals surface area contributed by atoms with E-state index < -0.39 is 0 Å². The van der Waals surface area contributed by atoms with Crippen molar-refractivity contribution >= 4 is 0 Å². The minimum Gasteiger partial charge on any atom is -0.394 e. The van der Waals surface area contributed by atoms with Gasteiger partial charge in [-0.2, -0.15) is 0 Å². The lowest BCUT2D eigenvalue weighted by atomic mass is 10.1. The van der Waals surface area contributed by atoms with Crippen molar-refractivity contribution in [2.75, 3.05) is 13.2 Å². The molecular weight excluding hydrogens is 272 g/mol. The summed E-state index contributed by atoms with van der Waals surface area (Å²) in [7, 11) is 0. The number of allylic oxidation sites excluding steroid dienone is 2. The van der Waals surface area contributed by atoms with Crippen LogP contribution in [0.25, 0.3) is 0 Å². The summed E-state index contributed by atoms with van der Waals surface area (Å²) in [6.45, 7) is 5.11. The molecule has 0 heterocycles. The van der Waals surface area contributed by atoms with Gasteiger partial charge in [0.05, 0.1) is 19.3 Å². The van der Waals surface area contributed by atoms with Crippen molar-refractivity contribution in [2.24, 2.45) is 0 Å². The summed E-state index contributed by atoms with van der Waals surface area (Å²) in [5.74, 6) is 0. The Hall–Kier alpha value is -0.340. The molecule has 0 aromatic heterocycles. The summed E-state index contributed by atoms with van der Waals surface area (Å²) >= 11 is 0. The Morgan fingerprint density at radius 1 is 0.773 bits per heavy atom. The van der Waals surface area contributed by atoms with Gasteiger partial charge >= 0.3 is 0 Å². The molecule has 0 aromatic carbocycles. The van der Waals surface area contributed by atoms with Gasteiger partial charge in [0.15, 0.2) is 0 Å². The van der Waals surface area contributed by atoms with Gasteiger partial charge in [-0.3, -0.25) is 0 Å². The van der Waals surface area contributed by atoms with Crippen LogP contribution >= 0.6 is 0 Å². The maximum atomic E-state index is 8.86. The van der Waals surface area contributed by atoms with Crippen LogP contribution in [0.5, 0.6) is 0 Å². The molecule has 1 atom stereocenters. The van der Waals surface area contributed by atoms with Crippen LogP contribution in [0.2, 0.25) is 0 Å². The second-order valence-electron chi connectivity index (χ2n) is 6.32. The van der Waals surface area contributed by atoms with Crippen molar-refractivity contribution in [1.82, 2.24) is 0 Å². The highest BCUT2D eigenvalue weighted by Crippen LogP contribution is 2.13. The molecule has 22 heavy (non-hydrogen) atoms. The second-order valence-corrected chi connectivity index (χ2v) is 6.32. The number of unbranched alkanes of at least 4 members (excludes halogenated alkanes) is 8. The van der Waals surface area contributed by atoms with E-state index in [0.29, 0.717) is 12.7 Å². The minimum absolute atomic E-state index is 0.140. The fraction of sp³-hybridized carbons (Fsp3) is 0.900. The van der Waals surface area contributed by atoms with Gasteiger partial charge in [0.1, 0.15) is 0 Å². The zero-order valence-corrected chi connectivity index (χ0v) is 15.2. The van der Waals surface area contributed by atoms with Crippen molar-refractivity contribution in [3.8, 4) is 0 Å². The number of ether oxygens (including phenoxy) is 1. The highest BCUT2D eigenvalue weighted by Gasteiger charge is 2.07. The Balaban J connectivity index is 3.47. The average Bonchev–Trinajstić information content (AvgIpc) is 2.54. The fourth-order valence-electron chi connectivity index (χ4n) is 2.70. The van der Waals surface area contributed by atoms with Gasteiger partial charge in [-0.1, -0.05) is 70.9 Å². The van der Waals surface area contributed by atoms with Gasteiger partial charge in [0, 0.05) is 0 Å². The number of hydrogen-bond donors (Lipinski definition) is 1. The van der Waals surface area contributed by atoms with Crippen LogP contribution in [0.1, 0.15) is 97.3 Å². The van der Waals surface area contributed by atoms with Crippen molar-refractivity contribution in [3.05, 3.63) is 12.2 Å². The third kappa shape index (κ3) is 16.0. The van der Waals surface area contributed by atoms with Crippen molar-refractivity contribution in [3.63, 3.8) is 0 Å². The lowest BCUT2D eigenvalue weighted by Crippen LogP contribution is -2.15. The SMILES string of the molecule is CCCCCCCCC=CCCCC(CCCC)OCCO. The fourth-order valence-corrected chi connectivity index (χ4v) is 2.70. The smallest absolute Gasteiger partial charge is 0.0701 e. The van der Waals surface area contributed by atoms with E-state index in [1.54, 1.807) is 0 Å². The van der Waals surface area contributed by atoms with Crippen molar-refractivity contribution < 1.29 is 9.84 Å². The van der Waals surface area contributed by atoms with E-state index in [-0.39, 0.29) is 6.61 Å². The first kappa shape index (κ1) is 21.7. The highest BCUT2D eigenvalue weighted by atomic mass is 16.5. The molecule has 0 fully saturated rings. The molecule has 0 amide bonds. The molecule has 0 saturated heterocycles. The largest absolute Gasteiger partial charge is 0.394 e. The molecule has 0 spiro atoms. The molecule has 0 aliphatic carbocycles. The standard InChI is InChI=1S/C20H40O2/c1-3-5-7-8-9-10-11-12-13-14-15-17-20(16-6-4-2)22-19-18-21/h12-13,20-21H,3-11,14-19H2,1-2H3. The van der Waals surface area contributed by atoms with Crippen LogP contribution in [-0.2, 0) is 4.74 Å². The summed E-state index contributed by atoms with van der Waals surface area (Å²) in [6.07, 6.45) is 21.6. The predicted molar refractivity (Wildman–Crippen MR) is 97.3 cm³/mol. The molecule has 0 radical (unpaired) electrons. The molecule has 1 N–H and O–H groups in total. The van der Waals surface area contributed by atoms with E-state index in [1.165, 1.54) is 70.6 Å². The molecule has 2 nitrogen and oxygen atoms in total. The normalized spacial score (nSPS) is 13.0. The summed E-state index contributed by atoms with van der Waals surface area (Å²) in [5.41, 5.74) is 0. The molecule has 0 aromatic rings. The topological polar surface area (TPSA) is 29.5 Å². The number of hydrogen-bond acceptors (Lipinski definition) is 2. The van der Waals surface area contributed by atoms with Gasteiger partial charge in [-0.05, 0) is 38.5 Å². The summed E-state index contributed by atoms with van der Waals surface area (Å²) < 4.78 is 5.71. The van der Waals surface area contributed by atoms with E-state index >= 15 is 0 Å². The average molecular weight is 313 g/mol. The summed E-state index contributed by atoms with van der Waals surface area (Å²) in [5, 5.41) is 8.86. The first-order valence-corrected chi connectivity index (χ1v) is 9.72. The molecular formula is C20H40O2. The Bertz CT molecular complexity index is 218. The monoisotopic (exact) mass is 312 g/mol. The van der Waals surface area contributed by atoms with Crippen LogP contribution in [0.4, 0.5) is 0 Å². The molecule has 0 aliphatic rings. The first-order valence-electron chi connectivity index (χ1n) is 9.72.